The van der Waals surface area contributed by atoms with E-state index in [1.807, 2.05) is 6.07 Å². The second kappa shape index (κ2) is 3.70. The van der Waals surface area contributed by atoms with Crippen LogP contribution in [0.25, 0.3) is 0 Å². The Hall–Kier alpha value is -1.09. The minimum absolute atomic E-state index is 0.0687. The Kier molecular flexibility index (Phi) is 2.40. The number of nitrogens with zero attached hydrogens (tertiary/aromatic N) is 1. The van der Waals surface area contributed by atoms with E-state index >= 15 is 0 Å². The predicted molar refractivity (Wildman–Crippen MR) is 68.0 cm³/mol. The number of hydrogen-bond donors (Lipinski definition) is 1. The lowest BCUT2D eigenvalue weighted by Crippen LogP contribution is -2.39. The Morgan fingerprint density at radius 3 is 2.94 bits per heavy atom. The molecule has 0 amide bonds. The molecule has 2 nitrogen and oxygen atoms in total. The molecule has 3 rings (SSSR count). The molecular weight excluding hydrogens is 215 g/mol. The molecule has 1 aromatic rings. The molecule has 2 heterocycles. The van der Waals surface area contributed by atoms with Crippen molar-refractivity contribution in [3.8, 4) is 0 Å². The van der Waals surface area contributed by atoms with Crippen molar-refractivity contribution < 1.29 is 4.39 Å². The molecule has 0 aliphatic carbocycles. The second-order valence-corrected chi connectivity index (χ2v) is 5.72. The summed E-state index contributed by atoms with van der Waals surface area (Å²) in [5.41, 5.74) is 3.49. The highest BCUT2D eigenvalue weighted by Gasteiger charge is 2.34. The molecule has 2 aliphatic rings. The van der Waals surface area contributed by atoms with Gasteiger partial charge in [0.15, 0.2) is 0 Å². The number of benzene rings is 1. The van der Waals surface area contributed by atoms with E-state index in [4.69, 9.17) is 0 Å². The highest BCUT2D eigenvalue weighted by atomic mass is 19.1. The van der Waals surface area contributed by atoms with E-state index in [0.717, 1.165) is 37.3 Å². The lowest BCUT2D eigenvalue weighted by Gasteiger charge is -2.40. The summed E-state index contributed by atoms with van der Waals surface area (Å²) in [4.78, 5) is 2.35. The van der Waals surface area contributed by atoms with E-state index < -0.39 is 0 Å². The van der Waals surface area contributed by atoms with Crippen LogP contribution in [0.4, 0.5) is 10.1 Å². The van der Waals surface area contributed by atoms with Gasteiger partial charge in [-0.25, -0.2) is 4.39 Å². The van der Waals surface area contributed by atoms with Crippen molar-refractivity contribution in [2.24, 2.45) is 0 Å². The Morgan fingerprint density at radius 2 is 2.12 bits per heavy atom. The highest BCUT2D eigenvalue weighted by molar-refractivity contribution is 5.64. The third-order valence-electron chi connectivity index (χ3n) is 4.14. The smallest absolute Gasteiger partial charge is 0.129 e. The number of nitrogens with one attached hydrogen (secondary N) is 1. The molecule has 0 fully saturated rings. The summed E-state index contributed by atoms with van der Waals surface area (Å²) in [6.45, 7) is 8.14. The fourth-order valence-corrected chi connectivity index (χ4v) is 3.00. The zero-order valence-corrected chi connectivity index (χ0v) is 10.5. The molecule has 0 saturated heterocycles. The van der Waals surface area contributed by atoms with Crippen molar-refractivity contribution in [3.63, 3.8) is 0 Å². The predicted octanol–water partition coefficient (Wildman–Crippen LogP) is 2.42. The van der Waals surface area contributed by atoms with Gasteiger partial charge in [-0.15, -0.1) is 0 Å². The zero-order valence-electron chi connectivity index (χ0n) is 10.5. The van der Waals surface area contributed by atoms with Crippen molar-refractivity contribution in [3.05, 3.63) is 29.1 Å². The van der Waals surface area contributed by atoms with Crippen LogP contribution in [0.3, 0.4) is 0 Å². The van der Waals surface area contributed by atoms with Gasteiger partial charge in [-0.05, 0) is 23.5 Å². The van der Waals surface area contributed by atoms with Gasteiger partial charge >= 0.3 is 0 Å². The first-order valence-electron chi connectivity index (χ1n) is 6.37. The fourth-order valence-electron chi connectivity index (χ4n) is 3.00. The maximum atomic E-state index is 14.0. The van der Waals surface area contributed by atoms with Gasteiger partial charge in [-0.3, -0.25) is 0 Å². The molecule has 0 saturated carbocycles. The maximum absolute atomic E-state index is 14.0. The lowest BCUT2D eigenvalue weighted by molar-refractivity contribution is 0.453. The largest absolute Gasteiger partial charge is 0.370 e. The highest BCUT2D eigenvalue weighted by Crippen LogP contribution is 2.42. The van der Waals surface area contributed by atoms with E-state index in [-0.39, 0.29) is 11.2 Å². The summed E-state index contributed by atoms with van der Waals surface area (Å²) in [6.07, 6.45) is 1.14. The van der Waals surface area contributed by atoms with E-state index in [1.165, 1.54) is 5.56 Å². The Bertz CT molecular complexity index is 454. The van der Waals surface area contributed by atoms with E-state index in [2.05, 4.69) is 24.1 Å². The van der Waals surface area contributed by atoms with Gasteiger partial charge in [0.2, 0.25) is 0 Å². The topological polar surface area (TPSA) is 15.3 Å². The maximum Gasteiger partial charge on any atom is 0.129 e. The van der Waals surface area contributed by atoms with Gasteiger partial charge in [0.05, 0.1) is 0 Å². The van der Waals surface area contributed by atoms with E-state index in [1.54, 1.807) is 6.07 Å². The van der Waals surface area contributed by atoms with Crippen LogP contribution in [0.5, 0.6) is 0 Å². The quantitative estimate of drug-likeness (QED) is 0.741. The molecule has 17 heavy (non-hydrogen) atoms. The van der Waals surface area contributed by atoms with Gasteiger partial charge in [0.1, 0.15) is 5.82 Å². The second-order valence-electron chi connectivity index (χ2n) is 5.72. The number of halogens is 1. The van der Waals surface area contributed by atoms with Gasteiger partial charge in [0, 0.05) is 37.4 Å². The monoisotopic (exact) mass is 234 g/mol. The van der Waals surface area contributed by atoms with Crippen LogP contribution in [-0.2, 0) is 12.0 Å². The first-order valence-corrected chi connectivity index (χ1v) is 6.37. The molecule has 1 aromatic carbocycles. The van der Waals surface area contributed by atoms with Crippen molar-refractivity contribution in [2.75, 3.05) is 24.5 Å². The molecule has 0 unspecified atom stereocenters. The standard InChI is InChI=1S/C14H19FN2/c1-14(2)5-7-17-8-6-16-9-10-12(15)4-3-11(14)13(10)17/h3-4,16H,5-9H2,1-2H3. The van der Waals surface area contributed by atoms with Gasteiger partial charge < -0.3 is 10.2 Å². The van der Waals surface area contributed by atoms with Crippen molar-refractivity contribution in [1.82, 2.24) is 5.32 Å². The average Bonchev–Trinajstić information content (AvgIpc) is 2.49. The molecule has 3 heteroatoms. The minimum atomic E-state index is -0.0687. The molecule has 92 valence electrons. The zero-order chi connectivity index (χ0) is 12.0. The minimum Gasteiger partial charge on any atom is -0.370 e. The van der Waals surface area contributed by atoms with Crippen LogP contribution < -0.4 is 10.2 Å². The number of hydrogen-bond acceptors (Lipinski definition) is 2. The Balaban J connectivity index is 2.24. The Labute approximate surface area is 102 Å². The van der Waals surface area contributed by atoms with Crippen LogP contribution >= 0.6 is 0 Å². The first kappa shape index (κ1) is 11.0. The summed E-state index contributed by atoms with van der Waals surface area (Å²) in [5.74, 6) is -0.0687. The van der Waals surface area contributed by atoms with E-state index in [0.29, 0.717) is 6.54 Å². The molecule has 0 spiro atoms. The Morgan fingerprint density at radius 1 is 1.29 bits per heavy atom. The summed E-state index contributed by atoms with van der Waals surface area (Å²) in [6, 6.07) is 3.61. The molecule has 0 bridgehead atoms. The van der Waals surface area contributed by atoms with Crippen molar-refractivity contribution in [1.29, 1.82) is 0 Å². The number of anilines is 1. The molecule has 0 atom stereocenters. The number of rotatable bonds is 0. The van der Waals surface area contributed by atoms with Crippen LogP contribution in [0.15, 0.2) is 12.1 Å². The fraction of sp³-hybridized carbons (Fsp3) is 0.571. The lowest BCUT2D eigenvalue weighted by atomic mass is 9.76. The van der Waals surface area contributed by atoms with Gasteiger partial charge in [0.25, 0.3) is 0 Å². The molecule has 2 aliphatic heterocycles. The first-order chi connectivity index (χ1) is 8.09. The van der Waals surface area contributed by atoms with Gasteiger partial charge in [-0.2, -0.15) is 0 Å². The molecular formula is C14H19FN2. The van der Waals surface area contributed by atoms with Crippen molar-refractivity contribution in [2.45, 2.75) is 32.2 Å². The normalized spacial score (nSPS) is 21.9. The third-order valence-corrected chi connectivity index (χ3v) is 4.14. The SMILES string of the molecule is CC1(C)CCN2CCNCc3c(F)ccc1c32. The average molecular weight is 234 g/mol. The van der Waals surface area contributed by atoms with Crippen LogP contribution in [-0.4, -0.2) is 19.6 Å². The summed E-state index contributed by atoms with van der Waals surface area (Å²) in [7, 11) is 0. The molecule has 0 radical (unpaired) electrons. The van der Waals surface area contributed by atoms with Crippen LogP contribution in [0.2, 0.25) is 0 Å². The van der Waals surface area contributed by atoms with Crippen molar-refractivity contribution >= 4 is 5.69 Å². The molecule has 0 aromatic heterocycles. The summed E-state index contributed by atoms with van der Waals surface area (Å²) >= 11 is 0. The summed E-state index contributed by atoms with van der Waals surface area (Å²) < 4.78 is 14.0. The summed E-state index contributed by atoms with van der Waals surface area (Å²) in [5, 5.41) is 3.31. The van der Waals surface area contributed by atoms with Crippen LogP contribution in [0.1, 0.15) is 31.4 Å². The van der Waals surface area contributed by atoms with Gasteiger partial charge in [-0.1, -0.05) is 19.9 Å². The molecule has 1 N–H and O–H groups in total. The van der Waals surface area contributed by atoms with Crippen LogP contribution in [0, 0.1) is 5.82 Å². The van der Waals surface area contributed by atoms with E-state index in [9.17, 15) is 4.39 Å². The third kappa shape index (κ3) is 1.64.